The molecule has 1 unspecified atom stereocenters. The van der Waals surface area contributed by atoms with Gasteiger partial charge in [0.15, 0.2) is 0 Å². The highest BCUT2D eigenvalue weighted by molar-refractivity contribution is 5.72. The van der Waals surface area contributed by atoms with Crippen molar-refractivity contribution in [1.82, 2.24) is 14.9 Å². The molecule has 2 saturated heterocycles. The summed E-state index contributed by atoms with van der Waals surface area (Å²) in [6.07, 6.45) is -3.70. The summed E-state index contributed by atoms with van der Waals surface area (Å²) in [6, 6.07) is 0.483. The number of nitrogens with zero attached hydrogens (tertiary/aromatic N) is 5. The van der Waals surface area contributed by atoms with E-state index in [1.54, 1.807) is 22.2 Å². The maximum atomic E-state index is 13.8. The summed E-state index contributed by atoms with van der Waals surface area (Å²) >= 11 is 0. The van der Waals surface area contributed by atoms with Crippen LogP contribution in [0.4, 0.5) is 42.8 Å². The van der Waals surface area contributed by atoms with E-state index in [0.717, 1.165) is 17.8 Å². The molecule has 282 valence electrons. The summed E-state index contributed by atoms with van der Waals surface area (Å²) in [5, 5.41) is 0. The first kappa shape index (κ1) is 38.4. The number of anilines is 2. The molecule has 2 aliphatic heterocycles. The number of carbonyl (C=O) groups is 2. The van der Waals surface area contributed by atoms with Crippen LogP contribution in [0.15, 0.2) is 30.6 Å². The molecule has 1 aliphatic carbocycles. The average molecular weight is 730 g/mol. The summed E-state index contributed by atoms with van der Waals surface area (Å²) < 4.78 is 99.2. The van der Waals surface area contributed by atoms with Gasteiger partial charge in [0.25, 0.3) is 0 Å². The monoisotopic (exact) mass is 729 g/mol. The molecule has 0 radical (unpaired) electrons. The fourth-order valence-electron chi connectivity index (χ4n) is 7.43. The van der Waals surface area contributed by atoms with E-state index in [1.807, 2.05) is 18.7 Å². The second-order valence-electron chi connectivity index (χ2n) is 13.4. The van der Waals surface area contributed by atoms with Gasteiger partial charge >= 0.3 is 24.4 Å². The number of aromatic nitrogens is 2. The van der Waals surface area contributed by atoms with Crippen molar-refractivity contribution in [1.29, 1.82) is 0 Å². The smallest absolute Gasteiger partial charge is 0.416 e. The van der Waals surface area contributed by atoms with E-state index in [-0.39, 0.29) is 54.2 Å². The van der Waals surface area contributed by atoms with Gasteiger partial charge in [-0.1, -0.05) is 13.8 Å². The standard InChI is InChI=1S/C35H45F6N5O5/c1-4-26-17-28(18-27(5-2)46(26)33(48)51-30-8-6-23(7-9-30)31(47)49-3)45(32-42-19-29(20-43-32)44-10-12-50-13-11-44)21-22-14-24(34(36,37)38)16-25(15-22)35(39,40)41/h14-16,19-20,23,26-28,30H,4-13,17-18,21H2,1-3H3/t23?,26-,27+,28?,30?. The van der Waals surface area contributed by atoms with Crippen molar-refractivity contribution in [3.63, 3.8) is 0 Å². The van der Waals surface area contributed by atoms with E-state index >= 15 is 0 Å². The molecule has 10 nitrogen and oxygen atoms in total. The van der Waals surface area contributed by atoms with Gasteiger partial charge in [0.2, 0.25) is 5.95 Å². The summed E-state index contributed by atoms with van der Waals surface area (Å²) in [5.41, 5.74) is -2.26. The first-order valence-corrected chi connectivity index (χ1v) is 17.5. The van der Waals surface area contributed by atoms with E-state index in [1.165, 1.54) is 7.11 Å². The number of ether oxygens (including phenoxy) is 3. The van der Waals surface area contributed by atoms with Crippen molar-refractivity contribution in [2.45, 2.75) is 108 Å². The quantitative estimate of drug-likeness (QED) is 0.195. The zero-order valence-electron chi connectivity index (χ0n) is 29.0. The number of hydrogen-bond donors (Lipinski definition) is 0. The van der Waals surface area contributed by atoms with Gasteiger partial charge in [-0.25, -0.2) is 14.8 Å². The lowest BCUT2D eigenvalue weighted by Crippen LogP contribution is -2.57. The number of amides is 1. The maximum absolute atomic E-state index is 13.8. The van der Waals surface area contributed by atoms with Crippen LogP contribution in [-0.4, -0.2) is 84.6 Å². The Morgan fingerprint density at radius 3 is 1.92 bits per heavy atom. The Kier molecular flexibility index (Phi) is 12.2. The third-order valence-corrected chi connectivity index (χ3v) is 10.2. The SMILES string of the molecule is CC[C@@H]1CC(N(Cc2cc(C(F)(F)F)cc(C(F)(F)F)c2)c2ncc(N3CCOCC3)cn2)C[C@H](CC)N1C(=O)OC1CCC(C(=O)OC)CC1. The van der Waals surface area contributed by atoms with Gasteiger partial charge in [-0.2, -0.15) is 26.3 Å². The number of alkyl halides is 6. The molecule has 0 bridgehead atoms. The molecule has 1 aromatic carbocycles. The molecule has 3 aliphatic rings. The minimum Gasteiger partial charge on any atom is -0.469 e. The van der Waals surface area contributed by atoms with Crippen LogP contribution in [0.1, 0.15) is 81.9 Å². The van der Waals surface area contributed by atoms with Crippen LogP contribution >= 0.6 is 0 Å². The molecule has 0 N–H and O–H groups in total. The summed E-state index contributed by atoms with van der Waals surface area (Å²) in [5.74, 6) is -0.346. The maximum Gasteiger partial charge on any atom is 0.416 e. The number of piperidine rings is 1. The number of hydrogen-bond acceptors (Lipinski definition) is 9. The summed E-state index contributed by atoms with van der Waals surface area (Å²) in [7, 11) is 1.35. The first-order valence-electron chi connectivity index (χ1n) is 17.5. The molecule has 1 aromatic heterocycles. The van der Waals surface area contributed by atoms with Crippen LogP contribution in [0.2, 0.25) is 0 Å². The Morgan fingerprint density at radius 2 is 1.43 bits per heavy atom. The highest BCUT2D eigenvalue weighted by Crippen LogP contribution is 2.39. The highest BCUT2D eigenvalue weighted by Gasteiger charge is 2.42. The lowest BCUT2D eigenvalue weighted by Gasteiger charge is -2.47. The molecule has 1 saturated carbocycles. The first-order chi connectivity index (χ1) is 24.2. The van der Waals surface area contributed by atoms with Gasteiger partial charge < -0.3 is 28.9 Å². The molecule has 1 amide bonds. The highest BCUT2D eigenvalue weighted by atomic mass is 19.4. The molecule has 2 aromatic rings. The Bertz CT molecular complexity index is 1430. The van der Waals surface area contributed by atoms with E-state index in [9.17, 15) is 35.9 Å². The molecule has 51 heavy (non-hydrogen) atoms. The largest absolute Gasteiger partial charge is 0.469 e. The van der Waals surface area contributed by atoms with Gasteiger partial charge in [0.1, 0.15) is 6.10 Å². The number of rotatable bonds is 9. The van der Waals surface area contributed by atoms with E-state index in [2.05, 4.69) is 9.97 Å². The molecule has 5 rings (SSSR count). The zero-order chi connectivity index (χ0) is 36.9. The van der Waals surface area contributed by atoms with Gasteiger partial charge in [0, 0.05) is 37.8 Å². The Morgan fingerprint density at radius 1 is 0.882 bits per heavy atom. The number of methoxy groups -OCH3 is 1. The predicted octanol–water partition coefficient (Wildman–Crippen LogP) is 7.25. The fourth-order valence-corrected chi connectivity index (χ4v) is 7.43. The predicted molar refractivity (Wildman–Crippen MR) is 175 cm³/mol. The van der Waals surface area contributed by atoms with E-state index in [4.69, 9.17) is 14.2 Å². The number of morpholine rings is 1. The van der Waals surface area contributed by atoms with Gasteiger partial charge in [-0.05, 0) is 75.1 Å². The molecule has 0 spiro atoms. The average Bonchev–Trinajstić information content (AvgIpc) is 3.12. The van der Waals surface area contributed by atoms with Crippen LogP contribution in [0, 0.1) is 5.92 Å². The summed E-state index contributed by atoms with van der Waals surface area (Å²) in [6.45, 7) is 5.80. The second-order valence-corrected chi connectivity index (χ2v) is 13.4. The van der Waals surface area contributed by atoms with Crippen molar-refractivity contribution >= 4 is 23.7 Å². The number of esters is 1. The molecule has 3 fully saturated rings. The molecular formula is C35H45F6N5O5. The molecule has 3 heterocycles. The van der Waals surface area contributed by atoms with Gasteiger partial charge in [-0.3, -0.25) is 4.79 Å². The lowest BCUT2D eigenvalue weighted by atomic mass is 9.87. The second kappa shape index (κ2) is 16.2. The third-order valence-electron chi connectivity index (χ3n) is 10.2. The number of carbonyl (C=O) groups excluding carboxylic acids is 2. The molecular weight excluding hydrogens is 684 g/mol. The van der Waals surface area contributed by atoms with Crippen LogP contribution in [-0.2, 0) is 37.9 Å². The number of halogens is 6. The van der Waals surface area contributed by atoms with Crippen molar-refractivity contribution in [3.05, 3.63) is 47.3 Å². The topological polar surface area (TPSA) is 97.3 Å². The van der Waals surface area contributed by atoms with Crippen molar-refractivity contribution in [2.75, 3.05) is 43.2 Å². The molecule has 3 atom stereocenters. The van der Waals surface area contributed by atoms with Crippen LogP contribution in [0.5, 0.6) is 0 Å². The van der Waals surface area contributed by atoms with Crippen molar-refractivity contribution < 1.29 is 50.1 Å². The number of benzene rings is 1. The Balaban J connectivity index is 1.42. The zero-order valence-corrected chi connectivity index (χ0v) is 29.0. The number of likely N-dealkylation sites (tertiary alicyclic amines) is 1. The van der Waals surface area contributed by atoms with Crippen LogP contribution < -0.4 is 9.80 Å². The third kappa shape index (κ3) is 9.35. The van der Waals surface area contributed by atoms with Crippen molar-refractivity contribution in [3.8, 4) is 0 Å². The minimum atomic E-state index is -5.00. The normalized spacial score (nSPS) is 24.6. The fraction of sp³-hybridized carbons (Fsp3) is 0.657. The van der Waals surface area contributed by atoms with E-state index < -0.39 is 35.6 Å². The van der Waals surface area contributed by atoms with Crippen molar-refractivity contribution in [2.24, 2.45) is 5.92 Å². The summed E-state index contributed by atoms with van der Waals surface area (Å²) in [4.78, 5) is 40.3. The van der Waals surface area contributed by atoms with Crippen LogP contribution in [0.25, 0.3) is 0 Å². The Labute approximate surface area is 293 Å². The van der Waals surface area contributed by atoms with Gasteiger partial charge in [-0.15, -0.1) is 0 Å². The minimum absolute atomic E-state index is 0.119. The lowest BCUT2D eigenvalue weighted by molar-refractivity contribution is -0.147. The molecule has 16 heteroatoms. The Hall–Kier alpha value is -3.82. The van der Waals surface area contributed by atoms with Crippen LogP contribution in [0.3, 0.4) is 0 Å². The van der Waals surface area contributed by atoms with E-state index in [0.29, 0.717) is 77.7 Å². The van der Waals surface area contributed by atoms with Gasteiger partial charge in [0.05, 0.1) is 55.4 Å².